The molecule has 0 fully saturated rings. The topological polar surface area (TPSA) is 59.3 Å². The summed E-state index contributed by atoms with van der Waals surface area (Å²) in [5.74, 6) is 0.825. The number of hydrogen-bond acceptors (Lipinski definition) is 4. The first-order chi connectivity index (χ1) is 15.0. The predicted molar refractivity (Wildman–Crippen MR) is 123 cm³/mol. The maximum absolute atomic E-state index is 12.3. The van der Waals surface area contributed by atoms with E-state index < -0.39 is 0 Å². The molecular weight excluding hydrogens is 454 g/mol. The highest BCUT2D eigenvalue weighted by Gasteiger charge is 2.22. The first kappa shape index (κ1) is 20.6. The van der Waals surface area contributed by atoms with Crippen LogP contribution >= 0.6 is 15.9 Å². The van der Waals surface area contributed by atoms with Gasteiger partial charge in [0, 0.05) is 11.1 Å². The summed E-state index contributed by atoms with van der Waals surface area (Å²) in [4.78, 5) is 12.3. The minimum Gasteiger partial charge on any atom is -0.488 e. The van der Waals surface area contributed by atoms with E-state index in [0.717, 1.165) is 26.7 Å². The summed E-state index contributed by atoms with van der Waals surface area (Å²) in [6, 6.07) is 22.9. The van der Waals surface area contributed by atoms with Gasteiger partial charge in [-0.05, 0) is 58.8 Å². The van der Waals surface area contributed by atoms with Gasteiger partial charge in [0.1, 0.15) is 18.1 Å². The number of ether oxygens (including phenoxy) is 2. The number of nitrogens with zero attached hydrogens (tertiary/aromatic N) is 1. The number of halogens is 1. The van der Waals surface area contributed by atoms with Crippen LogP contribution in [-0.2, 0) is 16.1 Å². The highest BCUT2D eigenvalue weighted by atomic mass is 79.9. The Morgan fingerprint density at radius 3 is 2.61 bits per heavy atom. The van der Waals surface area contributed by atoms with E-state index in [0.29, 0.717) is 22.6 Å². The summed E-state index contributed by atoms with van der Waals surface area (Å²) in [6.07, 6.45) is 3.53. The maximum Gasteiger partial charge on any atom is 0.343 e. The Labute approximate surface area is 189 Å². The van der Waals surface area contributed by atoms with Crippen molar-refractivity contribution in [2.75, 3.05) is 0 Å². The molecule has 0 spiro atoms. The van der Waals surface area contributed by atoms with Gasteiger partial charge in [0.2, 0.25) is 0 Å². The second-order valence-electron chi connectivity index (χ2n) is 7.11. The molecular formula is C26H18BrNO3. The van der Waals surface area contributed by atoms with Gasteiger partial charge in [-0.1, -0.05) is 54.1 Å². The number of aryl methyl sites for hydroxylation is 1. The van der Waals surface area contributed by atoms with Crippen molar-refractivity contribution >= 4 is 33.7 Å². The Morgan fingerprint density at radius 2 is 1.87 bits per heavy atom. The van der Waals surface area contributed by atoms with Crippen molar-refractivity contribution in [1.82, 2.24) is 0 Å². The van der Waals surface area contributed by atoms with Gasteiger partial charge in [-0.3, -0.25) is 0 Å². The van der Waals surface area contributed by atoms with Crippen molar-refractivity contribution in [3.8, 4) is 11.8 Å². The zero-order valence-electron chi connectivity index (χ0n) is 16.8. The molecule has 1 aliphatic heterocycles. The fourth-order valence-corrected chi connectivity index (χ4v) is 3.67. The molecule has 0 saturated heterocycles. The van der Waals surface area contributed by atoms with Crippen LogP contribution in [-0.4, -0.2) is 5.97 Å². The van der Waals surface area contributed by atoms with Crippen molar-refractivity contribution < 1.29 is 14.3 Å². The Bertz CT molecular complexity index is 1250. The maximum atomic E-state index is 12.3. The number of rotatable bonds is 5. The Hall–Kier alpha value is -3.62. The average Bonchev–Trinajstić information content (AvgIpc) is 3.14. The fourth-order valence-electron chi connectivity index (χ4n) is 3.16. The Morgan fingerprint density at radius 1 is 1.10 bits per heavy atom. The molecule has 1 heterocycles. The normalized spacial score (nSPS) is 14.2. The molecule has 0 radical (unpaired) electrons. The molecule has 4 rings (SSSR count). The summed E-state index contributed by atoms with van der Waals surface area (Å²) >= 11 is 3.53. The lowest BCUT2D eigenvalue weighted by Crippen LogP contribution is -1.99. The molecule has 31 heavy (non-hydrogen) atoms. The summed E-state index contributed by atoms with van der Waals surface area (Å²) < 4.78 is 12.1. The first-order valence-electron chi connectivity index (χ1n) is 9.66. The second-order valence-corrected chi connectivity index (χ2v) is 7.97. The van der Waals surface area contributed by atoms with E-state index >= 15 is 0 Å². The van der Waals surface area contributed by atoms with Gasteiger partial charge in [0.05, 0.1) is 21.7 Å². The summed E-state index contributed by atoms with van der Waals surface area (Å²) in [5, 5.41) is 9.20. The van der Waals surface area contributed by atoms with Gasteiger partial charge in [0.15, 0.2) is 0 Å². The van der Waals surface area contributed by atoms with Gasteiger partial charge in [-0.15, -0.1) is 0 Å². The van der Waals surface area contributed by atoms with Crippen molar-refractivity contribution in [2.24, 2.45) is 0 Å². The minimum absolute atomic E-state index is 0.289. The number of nitriles is 1. The van der Waals surface area contributed by atoms with Gasteiger partial charge in [0.25, 0.3) is 0 Å². The van der Waals surface area contributed by atoms with Gasteiger partial charge >= 0.3 is 5.97 Å². The van der Waals surface area contributed by atoms with Crippen LogP contribution in [0.5, 0.6) is 5.75 Å². The van der Waals surface area contributed by atoms with E-state index in [1.807, 2.05) is 67.6 Å². The quantitative estimate of drug-likeness (QED) is 0.328. The van der Waals surface area contributed by atoms with Crippen molar-refractivity contribution in [3.63, 3.8) is 0 Å². The summed E-state index contributed by atoms with van der Waals surface area (Å²) in [6.45, 7) is 2.30. The predicted octanol–water partition coefficient (Wildman–Crippen LogP) is 6.19. The third-order valence-electron chi connectivity index (χ3n) is 4.86. The Balaban J connectivity index is 1.51. The van der Waals surface area contributed by atoms with E-state index in [2.05, 4.69) is 22.0 Å². The second kappa shape index (κ2) is 9.03. The number of carbonyl (C=O) groups is 1. The molecule has 0 bridgehead atoms. The number of cyclic esters (lactones) is 1. The molecule has 3 aromatic carbocycles. The molecule has 0 amide bonds. The molecule has 4 nitrogen and oxygen atoms in total. The molecule has 1 aliphatic rings. The molecule has 5 heteroatoms. The molecule has 0 N–H and O–H groups in total. The van der Waals surface area contributed by atoms with Crippen LogP contribution in [0, 0.1) is 18.3 Å². The largest absolute Gasteiger partial charge is 0.488 e. The third kappa shape index (κ3) is 4.76. The fraction of sp³-hybridized carbons (Fsp3) is 0.0769. The summed E-state index contributed by atoms with van der Waals surface area (Å²) in [5.41, 5.74) is 4.75. The molecule has 0 aliphatic carbocycles. The molecule has 0 aromatic heterocycles. The van der Waals surface area contributed by atoms with E-state index in [9.17, 15) is 10.1 Å². The molecule has 0 saturated carbocycles. The monoisotopic (exact) mass is 471 g/mol. The van der Waals surface area contributed by atoms with Crippen molar-refractivity contribution in [2.45, 2.75) is 13.5 Å². The van der Waals surface area contributed by atoms with E-state index in [1.165, 1.54) is 0 Å². The summed E-state index contributed by atoms with van der Waals surface area (Å²) in [7, 11) is 0. The lowest BCUT2D eigenvalue weighted by Gasteiger charge is -2.10. The zero-order chi connectivity index (χ0) is 21.8. The lowest BCUT2D eigenvalue weighted by atomic mass is 10.1. The molecule has 0 unspecified atom stereocenters. The molecule has 3 aromatic rings. The van der Waals surface area contributed by atoms with Crippen LogP contribution in [0.25, 0.3) is 11.8 Å². The van der Waals surface area contributed by atoms with Gasteiger partial charge < -0.3 is 9.47 Å². The number of hydrogen-bond donors (Lipinski definition) is 0. The van der Waals surface area contributed by atoms with Crippen LogP contribution in [0.4, 0.5) is 0 Å². The van der Waals surface area contributed by atoms with Crippen LogP contribution in [0.15, 0.2) is 82.9 Å². The zero-order valence-corrected chi connectivity index (χ0v) is 18.3. The smallest absolute Gasteiger partial charge is 0.343 e. The van der Waals surface area contributed by atoms with Crippen molar-refractivity contribution in [1.29, 1.82) is 5.26 Å². The minimum atomic E-state index is -0.375. The molecule has 0 atom stereocenters. The highest BCUT2D eigenvalue weighted by Crippen LogP contribution is 2.31. The van der Waals surface area contributed by atoms with Crippen LogP contribution < -0.4 is 4.74 Å². The van der Waals surface area contributed by atoms with Gasteiger partial charge in [-0.25, -0.2) is 4.79 Å². The number of esters is 1. The molecule has 152 valence electrons. The Kier molecular flexibility index (Phi) is 6.01. The van der Waals surface area contributed by atoms with Crippen LogP contribution in [0.1, 0.15) is 27.8 Å². The van der Waals surface area contributed by atoms with E-state index in [1.54, 1.807) is 18.2 Å². The van der Waals surface area contributed by atoms with Crippen molar-refractivity contribution in [3.05, 3.63) is 111 Å². The van der Waals surface area contributed by atoms with E-state index in [4.69, 9.17) is 9.47 Å². The first-order valence-corrected chi connectivity index (χ1v) is 10.5. The van der Waals surface area contributed by atoms with E-state index in [-0.39, 0.29) is 12.6 Å². The standard InChI is InChI=1S/C26H18BrNO3/c1-17-6-9-19(10-7-17)25-14-22(26(29)31-25)12-18-8-11-24(23(27)13-18)30-16-21-5-3-2-4-20(21)15-28/h2-14H,16H2,1H3/b22-12+. The number of carbonyl (C=O) groups excluding carboxylic acids is 1. The SMILES string of the molecule is Cc1ccc(C2=C/C(=C\c3ccc(OCc4ccccc4C#N)c(Br)c3)C(=O)O2)cc1. The lowest BCUT2D eigenvalue weighted by molar-refractivity contribution is -0.130. The van der Waals surface area contributed by atoms with Crippen LogP contribution in [0.2, 0.25) is 0 Å². The van der Waals surface area contributed by atoms with Crippen LogP contribution in [0.3, 0.4) is 0 Å². The van der Waals surface area contributed by atoms with Gasteiger partial charge in [-0.2, -0.15) is 5.26 Å². The average molecular weight is 472 g/mol. The highest BCUT2D eigenvalue weighted by molar-refractivity contribution is 9.10. The third-order valence-corrected chi connectivity index (χ3v) is 5.48. The number of benzene rings is 3.